The molecule has 2 aromatic rings. The van der Waals surface area contributed by atoms with Gasteiger partial charge < -0.3 is 4.90 Å². The summed E-state index contributed by atoms with van der Waals surface area (Å²) in [5.41, 5.74) is 1.39. The Morgan fingerprint density at radius 2 is 1.80 bits per heavy atom. The zero-order chi connectivity index (χ0) is 18.1. The van der Waals surface area contributed by atoms with E-state index < -0.39 is 17.7 Å². The van der Waals surface area contributed by atoms with Crippen molar-refractivity contribution in [3.05, 3.63) is 65.0 Å². The number of carbonyl (C=O) groups is 1. The average molecular weight is 348 g/mol. The molecule has 0 bridgehead atoms. The van der Waals surface area contributed by atoms with Gasteiger partial charge in [-0.15, -0.1) is 0 Å². The van der Waals surface area contributed by atoms with Gasteiger partial charge in [0.1, 0.15) is 17.5 Å². The van der Waals surface area contributed by atoms with Crippen molar-refractivity contribution in [1.82, 2.24) is 4.90 Å². The van der Waals surface area contributed by atoms with E-state index in [4.69, 9.17) is 0 Å². The van der Waals surface area contributed by atoms with Crippen molar-refractivity contribution in [2.45, 2.75) is 26.4 Å². The minimum atomic E-state index is -0.628. The van der Waals surface area contributed by atoms with Gasteiger partial charge in [-0.3, -0.25) is 9.69 Å². The number of hydrogen-bond acceptors (Lipinski definition) is 2. The van der Waals surface area contributed by atoms with E-state index >= 15 is 0 Å². The quantitative estimate of drug-likeness (QED) is 0.845. The van der Waals surface area contributed by atoms with E-state index in [1.165, 1.54) is 18.2 Å². The molecule has 0 saturated carbocycles. The lowest BCUT2D eigenvalue weighted by Gasteiger charge is -2.39. The highest BCUT2D eigenvalue weighted by Gasteiger charge is 2.32. The second-order valence-electron chi connectivity index (χ2n) is 6.31. The third kappa shape index (κ3) is 3.54. The third-order valence-electron chi connectivity index (χ3n) is 4.64. The van der Waals surface area contributed by atoms with Crippen LogP contribution < -0.4 is 4.90 Å². The lowest BCUT2D eigenvalue weighted by molar-refractivity contribution is -0.125. The summed E-state index contributed by atoms with van der Waals surface area (Å²) in [6.07, 6.45) is 0. The standard InChI is InChI=1S/C19H19F3N2O/c1-12-3-6-16(10-17(12)21)24-8-7-23(13(2)19(24)25)11-14-4-5-15(20)9-18(14)22/h3-6,9-10,13H,7-8,11H2,1-2H3/t13-/m0/s1. The molecule has 1 fully saturated rings. The molecule has 25 heavy (non-hydrogen) atoms. The Hall–Kier alpha value is -2.34. The van der Waals surface area contributed by atoms with Crippen molar-refractivity contribution < 1.29 is 18.0 Å². The molecule has 0 N–H and O–H groups in total. The molecule has 1 aliphatic rings. The predicted octanol–water partition coefficient (Wildman–Crippen LogP) is 3.65. The van der Waals surface area contributed by atoms with Crippen molar-refractivity contribution in [3.63, 3.8) is 0 Å². The van der Waals surface area contributed by atoms with Crippen LogP contribution in [0.4, 0.5) is 18.9 Å². The molecule has 1 amide bonds. The molecule has 1 atom stereocenters. The summed E-state index contributed by atoms with van der Waals surface area (Å²) in [5, 5.41) is 0. The van der Waals surface area contributed by atoms with Gasteiger partial charge in [-0.25, -0.2) is 13.2 Å². The summed E-state index contributed by atoms with van der Waals surface area (Å²) in [4.78, 5) is 16.0. The molecule has 6 heteroatoms. The topological polar surface area (TPSA) is 23.6 Å². The number of halogens is 3. The van der Waals surface area contributed by atoms with Crippen LogP contribution >= 0.6 is 0 Å². The Kier molecular flexibility index (Phi) is 4.81. The van der Waals surface area contributed by atoms with Gasteiger partial charge >= 0.3 is 0 Å². The Labute approximate surface area is 144 Å². The molecule has 132 valence electrons. The first kappa shape index (κ1) is 17.5. The maximum Gasteiger partial charge on any atom is 0.244 e. The summed E-state index contributed by atoms with van der Waals surface area (Å²) in [6.45, 7) is 4.52. The van der Waals surface area contributed by atoms with Gasteiger partial charge in [-0.2, -0.15) is 0 Å². The molecule has 0 aliphatic carbocycles. The SMILES string of the molecule is Cc1ccc(N2CCN(Cc3ccc(F)cc3F)[C@@H](C)C2=O)cc1F. The van der Waals surface area contributed by atoms with Gasteiger partial charge in [0.05, 0.1) is 6.04 Å². The van der Waals surface area contributed by atoms with Crippen molar-refractivity contribution in [2.24, 2.45) is 0 Å². The van der Waals surface area contributed by atoms with E-state index in [1.54, 1.807) is 30.9 Å². The highest BCUT2D eigenvalue weighted by molar-refractivity contribution is 5.97. The molecular formula is C19H19F3N2O. The summed E-state index contributed by atoms with van der Waals surface area (Å²) in [6, 6.07) is 7.67. The molecular weight excluding hydrogens is 329 g/mol. The van der Waals surface area contributed by atoms with Crippen molar-refractivity contribution in [1.29, 1.82) is 0 Å². The van der Waals surface area contributed by atoms with Gasteiger partial charge in [-0.1, -0.05) is 12.1 Å². The van der Waals surface area contributed by atoms with Gasteiger partial charge in [0.15, 0.2) is 0 Å². The average Bonchev–Trinajstić information content (AvgIpc) is 2.57. The normalized spacial score (nSPS) is 18.7. The molecule has 1 aliphatic heterocycles. The van der Waals surface area contributed by atoms with Crippen LogP contribution in [0.15, 0.2) is 36.4 Å². The number of hydrogen-bond donors (Lipinski definition) is 0. The van der Waals surface area contributed by atoms with Gasteiger partial charge in [-0.05, 0) is 37.6 Å². The highest BCUT2D eigenvalue weighted by Crippen LogP contribution is 2.24. The molecule has 0 unspecified atom stereocenters. The van der Waals surface area contributed by atoms with Crippen molar-refractivity contribution in [2.75, 3.05) is 18.0 Å². The number of amides is 1. The van der Waals surface area contributed by atoms with Crippen LogP contribution in [0.2, 0.25) is 0 Å². The zero-order valence-corrected chi connectivity index (χ0v) is 14.1. The van der Waals surface area contributed by atoms with E-state index in [-0.39, 0.29) is 18.3 Å². The summed E-state index contributed by atoms with van der Waals surface area (Å²) >= 11 is 0. The smallest absolute Gasteiger partial charge is 0.244 e. The van der Waals surface area contributed by atoms with Gasteiger partial charge in [0.25, 0.3) is 0 Å². The maximum atomic E-state index is 13.8. The number of piperazine rings is 1. The minimum absolute atomic E-state index is 0.169. The summed E-state index contributed by atoms with van der Waals surface area (Å²) < 4.78 is 40.6. The minimum Gasteiger partial charge on any atom is -0.310 e. The molecule has 0 spiro atoms. The Bertz CT molecular complexity index is 809. The summed E-state index contributed by atoms with van der Waals surface area (Å²) in [5.74, 6) is -1.77. The Morgan fingerprint density at radius 1 is 1.04 bits per heavy atom. The first-order chi connectivity index (χ1) is 11.9. The van der Waals surface area contributed by atoms with Crippen LogP contribution in [0.3, 0.4) is 0 Å². The number of anilines is 1. The van der Waals surface area contributed by atoms with E-state index in [9.17, 15) is 18.0 Å². The Morgan fingerprint density at radius 3 is 2.48 bits per heavy atom. The molecule has 0 radical (unpaired) electrons. The monoisotopic (exact) mass is 348 g/mol. The Balaban J connectivity index is 1.75. The van der Waals surface area contributed by atoms with E-state index in [0.29, 0.717) is 29.9 Å². The fourth-order valence-corrected chi connectivity index (χ4v) is 3.00. The first-order valence-electron chi connectivity index (χ1n) is 8.12. The molecule has 0 aromatic heterocycles. The van der Waals surface area contributed by atoms with Crippen LogP contribution in [0, 0.1) is 24.4 Å². The van der Waals surface area contributed by atoms with Gasteiger partial charge in [0, 0.05) is 37.0 Å². The van der Waals surface area contributed by atoms with Crippen molar-refractivity contribution in [3.8, 4) is 0 Å². The fourth-order valence-electron chi connectivity index (χ4n) is 3.00. The third-order valence-corrected chi connectivity index (χ3v) is 4.64. The molecule has 1 heterocycles. The van der Waals surface area contributed by atoms with Crippen LogP contribution in [0.1, 0.15) is 18.1 Å². The first-order valence-corrected chi connectivity index (χ1v) is 8.12. The van der Waals surface area contributed by atoms with E-state index in [0.717, 1.165) is 6.07 Å². The number of benzene rings is 2. The number of aryl methyl sites for hydroxylation is 1. The van der Waals surface area contributed by atoms with Crippen LogP contribution in [-0.4, -0.2) is 29.9 Å². The van der Waals surface area contributed by atoms with Crippen LogP contribution in [0.5, 0.6) is 0 Å². The lowest BCUT2D eigenvalue weighted by atomic mass is 10.1. The molecule has 3 nitrogen and oxygen atoms in total. The number of carbonyl (C=O) groups excluding carboxylic acids is 1. The predicted molar refractivity (Wildman–Crippen MR) is 89.7 cm³/mol. The second-order valence-corrected chi connectivity index (χ2v) is 6.31. The van der Waals surface area contributed by atoms with E-state index in [2.05, 4.69) is 0 Å². The van der Waals surface area contributed by atoms with Crippen LogP contribution in [0.25, 0.3) is 0 Å². The van der Waals surface area contributed by atoms with Crippen LogP contribution in [-0.2, 0) is 11.3 Å². The zero-order valence-electron chi connectivity index (χ0n) is 14.1. The van der Waals surface area contributed by atoms with Crippen molar-refractivity contribution >= 4 is 11.6 Å². The highest BCUT2D eigenvalue weighted by atomic mass is 19.1. The fraction of sp³-hybridized carbons (Fsp3) is 0.316. The van der Waals surface area contributed by atoms with Gasteiger partial charge in [0.2, 0.25) is 5.91 Å². The lowest BCUT2D eigenvalue weighted by Crippen LogP contribution is -2.55. The summed E-state index contributed by atoms with van der Waals surface area (Å²) in [7, 11) is 0. The molecule has 1 saturated heterocycles. The molecule has 2 aromatic carbocycles. The largest absolute Gasteiger partial charge is 0.310 e. The van der Waals surface area contributed by atoms with E-state index in [1.807, 2.05) is 4.90 Å². The number of nitrogens with zero attached hydrogens (tertiary/aromatic N) is 2. The molecule has 3 rings (SSSR count). The number of rotatable bonds is 3. The maximum absolute atomic E-state index is 13.8. The second kappa shape index (κ2) is 6.88.